The van der Waals surface area contributed by atoms with E-state index in [1.54, 1.807) is 11.6 Å². The fourth-order valence-corrected chi connectivity index (χ4v) is 1.93. The second-order valence-electron chi connectivity index (χ2n) is 4.55. The first-order chi connectivity index (χ1) is 8.97. The van der Waals surface area contributed by atoms with Gasteiger partial charge in [0.1, 0.15) is 18.2 Å². The minimum atomic E-state index is -0.705. The second kappa shape index (κ2) is 5.40. The van der Waals surface area contributed by atoms with Gasteiger partial charge in [0.2, 0.25) is 0 Å². The summed E-state index contributed by atoms with van der Waals surface area (Å²) in [5, 5.41) is 13.8. The van der Waals surface area contributed by atoms with Crippen LogP contribution in [0.1, 0.15) is 30.0 Å². The zero-order valence-corrected chi connectivity index (χ0v) is 11.2. The summed E-state index contributed by atoms with van der Waals surface area (Å²) in [6.07, 6.45) is -0.705. The molecule has 0 bridgehead atoms. The van der Waals surface area contributed by atoms with Crippen LogP contribution in [0, 0.1) is 12.7 Å². The van der Waals surface area contributed by atoms with Gasteiger partial charge in [0, 0.05) is 18.7 Å². The van der Waals surface area contributed by atoms with Gasteiger partial charge in [0.25, 0.3) is 0 Å². The number of halogens is 1. The molecule has 0 spiro atoms. The van der Waals surface area contributed by atoms with Crippen LogP contribution in [0.25, 0.3) is 0 Å². The van der Waals surface area contributed by atoms with E-state index in [1.807, 2.05) is 20.0 Å². The van der Waals surface area contributed by atoms with Gasteiger partial charge in [-0.1, -0.05) is 0 Å². The van der Waals surface area contributed by atoms with Crippen LogP contribution in [-0.2, 0) is 13.7 Å². The summed E-state index contributed by atoms with van der Waals surface area (Å²) >= 11 is 0. The molecule has 1 aromatic carbocycles. The number of ether oxygens (including phenoxy) is 1. The number of rotatable bonds is 4. The van der Waals surface area contributed by atoms with Crippen LogP contribution in [0.3, 0.4) is 0 Å². The zero-order chi connectivity index (χ0) is 14.0. The first-order valence-corrected chi connectivity index (χ1v) is 6.07. The van der Waals surface area contributed by atoms with E-state index < -0.39 is 6.10 Å². The van der Waals surface area contributed by atoms with Gasteiger partial charge in [0.15, 0.2) is 0 Å². The summed E-state index contributed by atoms with van der Waals surface area (Å²) in [5.41, 5.74) is 2.36. The van der Waals surface area contributed by atoms with Gasteiger partial charge >= 0.3 is 0 Å². The van der Waals surface area contributed by atoms with Crippen molar-refractivity contribution in [1.82, 2.24) is 9.78 Å². The number of nitrogens with zero attached hydrogens (tertiary/aromatic N) is 2. The molecular formula is C14H17FN2O2. The predicted molar refractivity (Wildman–Crippen MR) is 69.3 cm³/mol. The lowest BCUT2D eigenvalue weighted by molar-refractivity contribution is 0.189. The molecule has 2 aromatic rings. The van der Waals surface area contributed by atoms with Crippen molar-refractivity contribution in [1.29, 1.82) is 0 Å². The lowest BCUT2D eigenvalue weighted by Gasteiger charge is -2.13. The van der Waals surface area contributed by atoms with E-state index >= 15 is 0 Å². The van der Waals surface area contributed by atoms with Gasteiger partial charge < -0.3 is 9.84 Å². The molecule has 19 heavy (non-hydrogen) atoms. The highest BCUT2D eigenvalue weighted by Gasteiger charge is 2.11. The van der Waals surface area contributed by atoms with Crippen LogP contribution in [0.5, 0.6) is 5.75 Å². The first-order valence-electron chi connectivity index (χ1n) is 6.07. The Bertz CT molecular complexity index is 579. The largest absolute Gasteiger partial charge is 0.487 e. The maximum Gasteiger partial charge on any atom is 0.130 e. The van der Waals surface area contributed by atoms with Gasteiger partial charge in [-0.2, -0.15) is 5.10 Å². The normalized spacial score (nSPS) is 12.5. The monoisotopic (exact) mass is 264 g/mol. The Morgan fingerprint density at radius 2 is 2.16 bits per heavy atom. The van der Waals surface area contributed by atoms with Gasteiger partial charge in [-0.3, -0.25) is 4.68 Å². The van der Waals surface area contributed by atoms with E-state index in [4.69, 9.17) is 4.74 Å². The third-order valence-electron chi connectivity index (χ3n) is 2.90. The smallest absolute Gasteiger partial charge is 0.130 e. The molecule has 0 aliphatic rings. The maximum absolute atomic E-state index is 13.2. The summed E-state index contributed by atoms with van der Waals surface area (Å²) in [6.45, 7) is 3.79. The van der Waals surface area contributed by atoms with E-state index in [9.17, 15) is 9.50 Å². The standard InChI is InChI=1S/C14H17FN2O2/c1-9-6-12(17(3)16-9)8-19-14-7-11(15)4-5-13(14)10(2)18/h4-7,10,18H,8H2,1-3H3/t10-/m1/s1. The SMILES string of the molecule is Cc1cc(COc2cc(F)ccc2[C@@H](C)O)n(C)n1. The molecule has 1 heterocycles. The predicted octanol–water partition coefficient (Wildman–Crippen LogP) is 2.50. The van der Waals surface area contributed by atoms with E-state index in [1.165, 1.54) is 18.2 Å². The number of benzene rings is 1. The molecule has 0 aliphatic heterocycles. The average molecular weight is 264 g/mol. The van der Waals surface area contributed by atoms with Crippen LogP contribution in [0.2, 0.25) is 0 Å². The summed E-state index contributed by atoms with van der Waals surface area (Å²) in [6, 6.07) is 6.03. The lowest BCUT2D eigenvalue weighted by Crippen LogP contribution is -2.05. The molecule has 1 atom stereocenters. The second-order valence-corrected chi connectivity index (χ2v) is 4.55. The van der Waals surface area contributed by atoms with E-state index in [-0.39, 0.29) is 12.4 Å². The van der Waals surface area contributed by atoms with E-state index in [0.717, 1.165) is 11.4 Å². The minimum absolute atomic E-state index is 0.278. The highest BCUT2D eigenvalue weighted by molar-refractivity contribution is 5.35. The highest BCUT2D eigenvalue weighted by Crippen LogP contribution is 2.26. The van der Waals surface area contributed by atoms with Crippen molar-refractivity contribution in [2.45, 2.75) is 26.6 Å². The Morgan fingerprint density at radius 3 is 2.74 bits per heavy atom. The Kier molecular flexibility index (Phi) is 3.85. The van der Waals surface area contributed by atoms with E-state index in [2.05, 4.69) is 5.10 Å². The van der Waals surface area contributed by atoms with E-state index in [0.29, 0.717) is 11.3 Å². The van der Waals surface area contributed by atoms with Crippen LogP contribution in [-0.4, -0.2) is 14.9 Å². The molecule has 102 valence electrons. The Hall–Kier alpha value is -1.88. The highest BCUT2D eigenvalue weighted by atomic mass is 19.1. The molecule has 0 amide bonds. The van der Waals surface area contributed by atoms with Gasteiger partial charge in [0.05, 0.1) is 17.5 Å². The van der Waals surface area contributed by atoms with Crippen molar-refractivity contribution in [3.05, 3.63) is 47.0 Å². The first kappa shape index (κ1) is 13.5. The van der Waals surface area contributed by atoms with Crippen molar-refractivity contribution in [3.63, 3.8) is 0 Å². The fraction of sp³-hybridized carbons (Fsp3) is 0.357. The third kappa shape index (κ3) is 3.12. The fourth-order valence-electron chi connectivity index (χ4n) is 1.93. The summed E-state index contributed by atoms with van der Waals surface area (Å²) in [7, 11) is 1.83. The molecule has 1 aromatic heterocycles. The van der Waals surface area contributed by atoms with Crippen molar-refractivity contribution < 1.29 is 14.2 Å². The molecule has 0 aliphatic carbocycles. The molecule has 5 heteroatoms. The molecule has 2 rings (SSSR count). The number of aliphatic hydroxyl groups excluding tert-OH is 1. The van der Waals surface area contributed by atoms with Gasteiger partial charge in [-0.05, 0) is 32.0 Å². The van der Waals surface area contributed by atoms with Crippen molar-refractivity contribution in [2.75, 3.05) is 0 Å². The van der Waals surface area contributed by atoms with Crippen LogP contribution < -0.4 is 4.74 Å². The zero-order valence-electron chi connectivity index (χ0n) is 11.2. The molecule has 4 nitrogen and oxygen atoms in total. The molecule has 0 radical (unpaired) electrons. The number of hydrogen-bond donors (Lipinski definition) is 1. The van der Waals surface area contributed by atoms with Crippen LogP contribution >= 0.6 is 0 Å². The molecule has 0 saturated carbocycles. The number of aryl methyl sites for hydroxylation is 2. The minimum Gasteiger partial charge on any atom is -0.487 e. The third-order valence-corrected chi connectivity index (χ3v) is 2.90. The van der Waals surface area contributed by atoms with Crippen molar-refractivity contribution in [3.8, 4) is 5.75 Å². The van der Waals surface area contributed by atoms with Crippen molar-refractivity contribution >= 4 is 0 Å². The molecule has 0 saturated heterocycles. The topological polar surface area (TPSA) is 47.3 Å². The molecule has 0 fully saturated rings. The van der Waals surface area contributed by atoms with Crippen LogP contribution in [0.4, 0.5) is 4.39 Å². The summed E-state index contributed by atoms with van der Waals surface area (Å²) in [4.78, 5) is 0. The quantitative estimate of drug-likeness (QED) is 0.923. The summed E-state index contributed by atoms with van der Waals surface area (Å²) < 4.78 is 20.6. The van der Waals surface area contributed by atoms with Gasteiger partial charge in [-0.15, -0.1) is 0 Å². The average Bonchev–Trinajstić information content (AvgIpc) is 2.65. The molecule has 1 N–H and O–H groups in total. The molecular weight excluding hydrogens is 247 g/mol. The Balaban J connectivity index is 2.19. The number of aliphatic hydroxyl groups is 1. The summed E-state index contributed by atoms with van der Waals surface area (Å²) in [5.74, 6) is -0.0329. The molecule has 0 unspecified atom stereocenters. The van der Waals surface area contributed by atoms with Gasteiger partial charge in [-0.25, -0.2) is 4.39 Å². The Labute approximate surface area is 111 Å². The number of aromatic nitrogens is 2. The lowest BCUT2D eigenvalue weighted by atomic mass is 10.1. The van der Waals surface area contributed by atoms with Crippen LogP contribution in [0.15, 0.2) is 24.3 Å². The number of hydrogen-bond acceptors (Lipinski definition) is 3. The van der Waals surface area contributed by atoms with Crippen molar-refractivity contribution in [2.24, 2.45) is 7.05 Å². The maximum atomic E-state index is 13.2. The Morgan fingerprint density at radius 1 is 1.42 bits per heavy atom.